The van der Waals surface area contributed by atoms with E-state index in [0.29, 0.717) is 78.3 Å². The smallest absolute Gasteiger partial charge is 0.410 e. The molecule has 0 spiro atoms. The summed E-state index contributed by atoms with van der Waals surface area (Å²) < 4.78 is 32.1. The molecule has 0 aliphatic carbocycles. The number of aromatic nitrogens is 8. The summed E-state index contributed by atoms with van der Waals surface area (Å²) in [5.74, 6) is 2.75. The largest absolute Gasteiger partial charge is 0.453 e. The first-order valence-electron chi connectivity index (χ1n) is 40.0. The molecule has 10 heterocycles. The van der Waals surface area contributed by atoms with Gasteiger partial charge in [0.25, 0.3) is 0 Å². The van der Waals surface area contributed by atoms with Gasteiger partial charge < -0.3 is 68.8 Å². The van der Waals surface area contributed by atoms with E-state index >= 15 is 0 Å². The fraction of sp³-hybridized carbons (Fsp3) is 0.432. The van der Waals surface area contributed by atoms with Gasteiger partial charge in [0.05, 0.1) is 86.0 Å². The van der Waals surface area contributed by atoms with Crippen molar-refractivity contribution in [3.63, 3.8) is 0 Å². The molecule has 0 radical (unpaired) electrons. The number of likely N-dealkylation sites (tertiary alicyclic amines) is 4. The third-order valence-corrected chi connectivity index (χ3v) is 22.8. The van der Waals surface area contributed by atoms with Crippen LogP contribution in [0.5, 0.6) is 0 Å². The van der Waals surface area contributed by atoms with Gasteiger partial charge in [0, 0.05) is 63.7 Å². The summed E-state index contributed by atoms with van der Waals surface area (Å²) in [6.45, 7) is 16.1. The Morgan fingerprint density at radius 1 is 0.377 bits per heavy atom. The average molecular weight is 1550 g/mol. The molecule has 0 saturated carbocycles. The lowest BCUT2D eigenvalue weighted by atomic mass is 9.90. The van der Waals surface area contributed by atoms with Crippen LogP contribution in [0, 0.1) is 11.8 Å². The summed E-state index contributed by atoms with van der Waals surface area (Å²) in [4.78, 5) is 118. The van der Waals surface area contributed by atoms with Crippen LogP contribution >= 0.6 is 0 Å². The first-order chi connectivity index (χ1) is 55.1. The molecular formula is C88H102N14O12. The van der Waals surface area contributed by atoms with Crippen molar-refractivity contribution in [2.45, 2.75) is 166 Å². The molecule has 4 aromatic heterocycles. The first-order valence-corrected chi connectivity index (χ1v) is 40.0. The summed E-state index contributed by atoms with van der Waals surface area (Å²) >= 11 is 0. The molecular weight excluding hydrogens is 1450 g/mol. The monoisotopic (exact) mass is 1550 g/mol. The van der Waals surface area contributed by atoms with Crippen LogP contribution in [0.15, 0.2) is 146 Å². The van der Waals surface area contributed by atoms with Crippen molar-refractivity contribution in [3.05, 3.63) is 169 Å². The zero-order chi connectivity index (χ0) is 79.4. The van der Waals surface area contributed by atoms with Gasteiger partial charge in [-0.25, -0.2) is 39.1 Å². The number of alkyl carbamates (subject to hydrolysis) is 2. The first kappa shape index (κ1) is 77.9. The lowest BCUT2D eigenvalue weighted by molar-refractivity contribution is -0.137. The number of methoxy groups -OCH3 is 2. The number of nitrogens with zero attached hydrogens (tertiary/aromatic N) is 8. The molecule has 16 rings (SSSR count). The van der Waals surface area contributed by atoms with E-state index in [1.54, 1.807) is 9.80 Å². The molecule has 10 aromatic rings. The second kappa shape index (κ2) is 33.7. The van der Waals surface area contributed by atoms with Crippen molar-refractivity contribution >= 4 is 57.7 Å². The topological polar surface area (TPSA) is 310 Å². The molecule has 6 N–H and O–H groups in total. The molecule has 6 fully saturated rings. The minimum atomic E-state index is -0.686. The van der Waals surface area contributed by atoms with E-state index in [0.717, 1.165) is 163 Å². The zero-order valence-electron chi connectivity index (χ0n) is 66.1. The third kappa shape index (κ3) is 17.5. The quantitative estimate of drug-likeness (QED) is 0.0490. The number of hydrogen-bond donors (Lipinski definition) is 6. The Morgan fingerprint density at radius 2 is 0.649 bits per heavy atom. The summed E-state index contributed by atoms with van der Waals surface area (Å²) in [6, 6.07) is 40.5. The number of rotatable bonds is 16. The lowest BCUT2D eigenvalue weighted by Gasteiger charge is -2.34. The van der Waals surface area contributed by atoms with Crippen LogP contribution in [0.2, 0.25) is 0 Å². The van der Waals surface area contributed by atoms with Crippen LogP contribution in [0.25, 0.3) is 88.8 Å². The van der Waals surface area contributed by atoms with Crippen molar-refractivity contribution in [1.29, 1.82) is 0 Å². The van der Waals surface area contributed by atoms with Gasteiger partial charge in [-0.05, 0) is 210 Å². The van der Waals surface area contributed by atoms with Crippen LogP contribution in [0.3, 0.4) is 0 Å². The van der Waals surface area contributed by atoms with E-state index < -0.39 is 35.5 Å². The number of fused-ring (bicyclic) bond motifs is 2. The Kier molecular flexibility index (Phi) is 23.1. The standard InChI is InChI=1S/C48H56N8O8.C40H46N6O4/c1-61-47(59)53-41(31-15-21-63-22-16-31)45(57)55-19-3-5-39(55)43-49-27-37(51-43)30-9-7-29(8-10-30)33-11-12-35-26-36(14-13-34(35)25-33)38-28-50-44(52-38)40-6-4-20-56(40)46(58)42(54-48(60)62-2)32-17-23-64-24-18-32;1-39(2,3)49-37(47)45-19-7-9-33(45)35-41-23-31(43-35)26-13-11-25(12-14-26)27-15-16-29-22-30(18-17-28(29)21-27)32-24-42-36(44-32)34-10-8-20-46(34)38(48)50-40(4,5)6/h7-14,25-28,31-32,39-42H,3-6,15-24H2,1-2H3,(H,49,51)(H,50,52)(H,53,59)(H,54,60);11-18,21-24,33-34H,7-10,19-20H2,1-6H3,(H,41,43)(H,42,44)/t39-,40-,41-,42-;33-,34-/m00/s1. The molecule has 6 aromatic carbocycles. The maximum Gasteiger partial charge on any atom is 0.410 e. The lowest BCUT2D eigenvalue weighted by Crippen LogP contribution is -2.53. The van der Waals surface area contributed by atoms with Crippen molar-refractivity contribution < 1.29 is 57.2 Å². The molecule has 114 heavy (non-hydrogen) atoms. The second-order valence-corrected chi connectivity index (χ2v) is 32.6. The molecule has 0 unspecified atom stereocenters. The second-order valence-electron chi connectivity index (χ2n) is 32.6. The van der Waals surface area contributed by atoms with Crippen molar-refractivity contribution in [2.75, 3.05) is 66.8 Å². The molecule has 0 bridgehead atoms. The number of benzene rings is 6. The number of nitrogens with one attached hydrogen (secondary N) is 6. The molecule has 26 heteroatoms. The molecule has 6 aliphatic rings. The predicted molar refractivity (Wildman–Crippen MR) is 432 cm³/mol. The maximum absolute atomic E-state index is 14.0. The number of hydrogen-bond acceptors (Lipinski definition) is 16. The van der Waals surface area contributed by atoms with Gasteiger partial charge >= 0.3 is 24.4 Å². The Bertz CT molecular complexity index is 5100. The van der Waals surface area contributed by atoms with Gasteiger partial charge in [0.1, 0.15) is 46.6 Å². The number of ether oxygens (including phenoxy) is 6. The van der Waals surface area contributed by atoms with Gasteiger partial charge in [-0.1, -0.05) is 97.1 Å². The number of amides is 6. The van der Waals surface area contributed by atoms with Crippen LogP contribution in [0.4, 0.5) is 19.2 Å². The molecule has 6 saturated heterocycles. The van der Waals surface area contributed by atoms with Crippen LogP contribution in [-0.2, 0) is 38.0 Å². The molecule has 26 nitrogen and oxygen atoms in total. The highest BCUT2D eigenvalue weighted by molar-refractivity contribution is 5.93. The average Bonchev–Trinajstić information content (AvgIpc) is 1.52. The van der Waals surface area contributed by atoms with Gasteiger partial charge in [-0.15, -0.1) is 0 Å². The van der Waals surface area contributed by atoms with Gasteiger partial charge in [-0.2, -0.15) is 0 Å². The fourth-order valence-electron chi connectivity index (χ4n) is 16.9. The van der Waals surface area contributed by atoms with E-state index in [-0.39, 0.29) is 60.0 Å². The van der Waals surface area contributed by atoms with Gasteiger partial charge in [0.15, 0.2) is 0 Å². The Balaban J connectivity index is 0.000000185. The summed E-state index contributed by atoms with van der Waals surface area (Å²) in [5.41, 5.74) is 11.0. The highest BCUT2D eigenvalue weighted by Gasteiger charge is 2.43. The van der Waals surface area contributed by atoms with Crippen LogP contribution in [-0.4, -0.2) is 186 Å². The molecule has 596 valence electrons. The zero-order valence-corrected chi connectivity index (χ0v) is 66.1. The van der Waals surface area contributed by atoms with Crippen LogP contribution in [0.1, 0.15) is 166 Å². The van der Waals surface area contributed by atoms with E-state index in [1.165, 1.54) is 14.2 Å². The summed E-state index contributed by atoms with van der Waals surface area (Å²) in [6.07, 6.45) is 15.1. The van der Waals surface area contributed by atoms with E-state index in [9.17, 15) is 28.8 Å². The molecule has 6 amide bonds. The van der Waals surface area contributed by atoms with Gasteiger partial charge in [0.2, 0.25) is 11.8 Å². The van der Waals surface area contributed by atoms with E-state index in [2.05, 4.69) is 162 Å². The normalized spacial score (nSPS) is 19.5. The van der Waals surface area contributed by atoms with Crippen molar-refractivity contribution in [3.8, 4) is 67.3 Å². The Hall–Kier alpha value is -11.4. The van der Waals surface area contributed by atoms with Crippen LogP contribution < -0.4 is 10.6 Å². The Morgan fingerprint density at radius 3 is 0.965 bits per heavy atom. The SMILES string of the molecule is CC(C)(C)OC(=O)N1CCC[C@H]1c1ncc(-c2ccc(-c3ccc4cc(-c5cnc([C@@H]6CCCN6C(=O)OC(C)(C)C)[nH]5)ccc4c3)cc2)[nH]1.COC(=O)N[C@H](C(=O)N1CCC[C@H]1c1ncc(-c2ccc(-c3ccc4cc(-c5cnc([C@@H]6CCCN6C(=O)[C@@H](NC(=O)OC)C6CCOCC6)[nH]5)ccc4c3)cc2)[nH]1)C1CCOCC1. The van der Waals surface area contributed by atoms with Crippen molar-refractivity contribution in [2.24, 2.45) is 11.8 Å². The Labute approximate surface area is 663 Å². The highest BCUT2D eigenvalue weighted by Crippen LogP contribution is 2.41. The number of carbonyl (C=O) groups is 6. The molecule has 6 aliphatic heterocycles. The van der Waals surface area contributed by atoms with Crippen molar-refractivity contribution in [1.82, 2.24) is 70.1 Å². The number of imidazole rings is 4. The maximum atomic E-state index is 14.0. The number of H-pyrrole nitrogens is 4. The van der Waals surface area contributed by atoms with E-state index in [1.807, 2.05) is 76.1 Å². The van der Waals surface area contributed by atoms with Gasteiger partial charge in [-0.3, -0.25) is 19.4 Å². The highest BCUT2D eigenvalue weighted by atomic mass is 16.6. The van der Waals surface area contributed by atoms with E-state index in [4.69, 9.17) is 38.4 Å². The number of aromatic amines is 4. The summed E-state index contributed by atoms with van der Waals surface area (Å²) in [7, 11) is 2.62. The minimum absolute atomic E-state index is 0.0281. The molecule has 6 atom stereocenters. The third-order valence-electron chi connectivity index (χ3n) is 22.8. The minimum Gasteiger partial charge on any atom is -0.453 e. The fourth-order valence-corrected chi connectivity index (χ4v) is 16.9. The summed E-state index contributed by atoms with van der Waals surface area (Å²) in [5, 5.41) is 10.1. The predicted octanol–water partition coefficient (Wildman–Crippen LogP) is 16.3. The number of carbonyl (C=O) groups excluding carboxylic acids is 6.